The Morgan fingerprint density at radius 3 is 2.50 bits per heavy atom. The lowest BCUT2D eigenvalue weighted by atomic mass is 10.1. The third-order valence-corrected chi connectivity index (χ3v) is 3.15. The normalized spacial score (nSPS) is 12.4. The third-order valence-electron chi connectivity index (χ3n) is 2.66. The molecule has 6 nitrogen and oxygen atoms in total. The second-order valence-corrected chi connectivity index (χ2v) is 6.61. The third kappa shape index (κ3) is 5.93. The maximum atomic E-state index is 11.7. The van der Waals surface area contributed by atoms with Crippen molar-refractivity contribution in [3.8, 4) is 5.75 Å². The first-order valence-corrected chi connectivity index (χ1v) is 7.46. The minimum Gasteiger partial charge on any atom is -0.496 e. The van der Waals surface area contributed by atoms with Gasteiger partial charge in [0.15, 0.2) is 0 Å². The second-order valence-electron chi connectivity index (χ2n) is 5.70. The molecule has 0 aliphatic heterocycles. The van der Waals surface area contributed by atoms with E-state index in [9.17, 15) is 14.7 Å². The topological polar surface area (TPSA) is 84.9 Å². The van der Waals surface area contributed by atoms with Crippen LogP contribution >= 0.6 is 15.9 Å². The predicted octanol–water partition coefficient (Wildman–Crippen LogP) is 2.98. The molecule has 1 amide bonds. The number of carboxylic acid groups (broad SMARTS) is 1. The number of rotatable bonds is 5. The number of carboxylic acids is 1. The minimum absolute atomic E-state index is 0.0805. The van der Waals surface area contributed by atoms with Crippen LogP contribution in [0.5, 0.6) is 5.75 Å². The van der Waals surface area contributed by atoms with E-state index in [4.69, 9.17) is 9.47 Å². The molecule has 1 unspecified atom stereocenters. The van der Waals surface area contributed by atoms with Crippen LogP contribution in [0.25, 0.3) is 0 Å². The van der Waals surface area contributed by atoms with Crippen molar-refractivity contribution >= 4 is 28.0 Å². The lowest BCUT2D eigenvalue weighted by Crippen LogP contribution is -2.44. The van der Waals surface area contributed by atoms with Gasteiger partial charge in [-0.15, -0.1) is 0 Å². The molecule has 0 aromatic heterocycles. The summed E-state index contributed by atoms with van der Waals surface area (Å²) < 4.78 is 11.1. The molecular formula is C15H20BrNO5. The van der Waals surface area contributed by atoms with Crippen LogP contribution in [0.15, 0.2) is 22.7 Å². The highest BCUT2D eigenvalue weighted by Gasteiger charge is 2.25. The van der Waals surface area contributed by atoms with Gasteiger partial charge in [0.2, 0.25) is 0 Å². The van der Waals surface area contributed by atoms with Crippen LogP contribution in [0, 0.1) is 0 Å². The molecule has 2 N–H and O–H groups in total. The molecule has 0 spiro atoms. The number of amides is 1. The Morgan fingerprint density at radius 2 is 2.00 bits per heavy atom. The van der Waals surface area contributed by atoms with Gasteiger partial charge >= 0.3 is 12.1 Å². The zero-order valence-electron chi connectivity index (χ0n) is 13.0. The van der Waals surface area contributed by atoms with E-state index in [0.29, 0.717) is 11.3 Å². The number of hydrogen-bond donors (Lipinski definition) is 2. The molecule has 122 valence electrons. The lowest BCUT2D eigenvalue weighted by molar-refractivity contribution is -0.139. The number of carbonyl (C=O) groups is 2. The number of ether oxygens (including phenoxy) is 2. The number of alkyl carbamates (subject to hydrolysis) is 1. The van der Waals surface area contributed by atoms with Crippen LogP contribution in [-0.2, 0) is 16.0 Å². The van der Waals surface area contributed by atoms with E-state index in [1.165, 1.54) is 7.11 Å². The molecule has 1 aromatic carbocycles. The fourth-order valence-corrected chi connectivity index (χ4v) is 2.18. The van der Waals surface area contributed by atoms with Crippen LogP contribution in [0.1, 0.15) is 26.3 Å². The SMILES string of the molecule is COc1ccc(Br)cc1CC(NC(=O)OC(C)(C)C)C(=O)O. The van der Waals surface area contributed by atoms with E-state index in [1.54, 1.807) is 39.0 Å². The molecule has 0 heterocycles. The second kappa shape index (κ2) is 7.49. The van der Waals surface area contributed by atoms with Crippen molar-refractivity contribution in [1.82, 2.24) is 5.32 Å². The largest absolute Gasteiger partial charge is 0.496 e. The first-order valence-electron chi connectivity index (χ1n) is 6.67. The molecule has 0 fully saturated rings. The molecule has 1 aromatic rings. The standard InChI is InChI=1S/C15H20BrNO5/c1-15(2,3)22-14(20)17-11(13(18)19)8-9-7-10(16)5-6-12(9)21-4/h5-7,11H,8H2,1-4H3,(H,17,20)(H,18,19). The quantitative estimate of drug-likeness (QED) is 0.828. The summed E-state index contributed by atoms with van der Waals surface area (Å²) in [6, 6.07) is 4.16. The average Bonchev–Trinajstić information content (AvgIpc) is 2.35. The Kier molecular flexibility index (Phi) is 6.22. The molecule has 0 aliphatic rings. The predicted molar refractivity (Wildman–Crippen MR) is 85.2 cm³/mol. The number of aliphatic carboxylic acids is 1. The highest BCUT2D eigenvalue weighted by Crippen LogP contribution is 2.24. The molecule has 7 heteroatoms. The van der Waals surface area contributed by atoms with E-state index in [2.05, 4.69) is 21.2 Å². The number of nitrogens with one attached hydrogen (secondary N) is 1. The van der Waals surface area contributed by atoms with Crippen molar-refractivity contribution in [2.24, 2.45) is 0 Å². The van der Waals surface area contributed by atoms with Crippen LogP contribution in [0.2, 0.25) is 0 Å². The van der Waals surface area contributed by atoms with Crippen LogP contribution < -0.4 is 10.1 Å². The zero-order valence-corrected chi connectivity index (χ0v) is 14.6. The van der Waals surface area contributed by atoms with Crippen molar-refractivity contribution in [1.29, 1.82) is 0 Å². The summed E-state index contributed by atoms with van der Waals surface area (Å²) in [5, 5.41) is 11.7. The summed E-state index contributed by atoms with van der Waals surface area (Å²) in [6.07, 6.45) is -0.689. The molecule has 0 aliphatic carbocycles. The van der Waals surface area contributed by atoms with Gasteiger partial charge in [0.1, 0.15) is 17.4 Å². The molecule has 1 rings (SSSR count). The van der Waals surface area contributed by atoms with Gasteiger partial charge in [-0.25, -0.2) is 9.59 Å². The van der Waals surface area contributed by atoms with E-state index >= 15 is 0 Å². The van der Waals surface area contributed by atoms with Crippen molar-refractivity contribution in [2.75, 3.05) is 7.11 Å². The fourth-order valence-electron chi connectivity index (χ4n) is 1.78. The smallest absolute Gasteiger partial charge is 0.408 e. The summed E-state index contributed by atoms with van der Waals surface area (Å²) in [7, 11) is 1.50. The monoisotopic (exact) mass is 373 g/mol. The summed E-state index contributed by atoms with van der Waals surface area (Å²) >= 11 is 3.33. The van der Waals surface area contributed by atoms with Crippen molar-refractivity contribution in [3.05, 3.63) is 28.2 Å². The summed E-state index contributed by atoms with van der Waals surface area (Å²) in [5.41, 5.74) is -0.0269. The van der Waals surface area contributed by atoms with E-state index in [1.807, 2.05) is 0 Å². The van der Waals surface area contributed by atoms with Crippen molar-refractivity contribution in [2.45, 2.75) is 38.8 Å². The fraction of sp³-hybridized carbons (Fsp3) is 0.467. The Hall–Kier alpha value is -1.76. The van der Waals surface area contributed by atoms with Gasteiger partial charge in [0.25, 0.3) is 0 Å². The average molecular weight is 374 g/mol. The maximum absolute atomic E-state index is 11.7. The lowest BCUT2D eigenvalue weighted by Gasteiger charge is -2.22. The Balaban J connectivity index is 2.87. The summed E-state index contributed by atoms with van der Waals surface area (Å²) in [5.74, 6) is -0.590. The van der Waals surface area contributed by atoms with Crippen molar-refractivity contribution in [3.63, 3.8) is 0 Å². The molecule has 0 bridgehead atoms. The van der Waals surface area contributed by atoms with Crippen molar-refractivity contribution < 1.29 is 24.2 Å². The van der Waals surface area contributed by atoms with Gasteiger partial charge in [-0.1, -0.05) is 15.9 Å². The number of benzene rings is 1. The van der Waals surface area contributed by atoms with Gasteiger partial charge in [0.05, 0.1) is 7.11 Å². The molecular weight excluding hydrogens is 354 g/mol. The summed E-state index contributed by atoms with van der Waals surface area (Å²) in [4.78, 5) is 23.1. The Labute approximate surface area is 137 Å². The highest BCUT2D eigenvalue weighted by molar-refractivity contribution is 9.10. The molecule has 0 radical (unpaired) electrons. The van der Waals surface area contributed by atoms with Crippen LogP contribution in [0.3, 0.4) is 0 Å². The highest BCUT2D eigenvalue weighted by atomic mass is 79.9. The van der Waals surface area contributed by atoms with Gasteiger partial charge in [-0.05, 0) is 44.5 Å². The number of methoxy groups -OCH3 is 1. The van der Waals surface area contributed by atoms with Crippen LogP contribution in [0.4, 0.5) is 4.79 Å². The van der Waals surface area contributed by atoms with Crippen LogP contribution in [-0.4, -0.2) is 35.9 Å². The van der Waals surface area contributed by atoms with E-state index < -0.39 is 23.7 Å². The molecule has 0 saturated heterocycles. The summed E-state index contributed by atoms with van der Waals surface area (Å²) in [6.45, 7) is 5.12. The Morgan fingerprint density at radius 1 is 1.36 bits per heavy atom. The van der Waals surface area contributed by atoms with Gasteiger partial charge in [-0.2, -0.15) is 0 Å². The molecule has 0 saturated carbocycles. The minimum atomic E-state index is -1.15. The zero-order chi connectivity index (χ0) is 16.9. The van der Waals surface area contributed by atoms with E-state index in [0.717, 1.165) is 4.47 Å². The number of halogens is 1. The van der Waals surface area contributed by atoms with Gasteiger partial charge in [-0.3, -0.25) is 0 Å². The number of carbonyl (C=O) groups excluding carboxylic acids is 1. The molecule has 1 atom stereocenters. The van der Waals surface area contributed by atoms with Gasteiger partial charge in [0, 0.05) is 10.9 Å². The first kappa shape index (κ1) is 18.3. The maximum Gasteiger partial charge on any atom is 0.408 e. The number of hydrogen-bond acceptors (Lipinski definition) is 4. The molecule has 22 heavy (non-hydrogen) atoms. The van der Waals surface area contributed by atoms with E-state index in [-0.39, 0.29) is 6.42 Å². The van der Waals surface area contributed by atoms with Gasteiger partial charge < -0.3 is 19.9 Å². The Bertz CT molecular complexity index is 553. The first-order chi connectivity index (χ1) is 10.1.